The molecule has 0 aliphatic heterocycles. The molecule has 1 rings (SSSR count). The molecule has 2 N–H and O–H groups in total. The van der Waals surface area contributed by atoms with Crippen LogP contribution in [0.1, 0.15) is 27.2 Å². The molecule has 1 atom stereocenters. The van der Waals surface area contributed by atoms with E-state index in [1.165, 1.54) is 6.07 Å². The van der Waals surface area contributed by atoms with Crippen LogP contribution in [0.5, 0.6) is 5.75 Å². The molecule has 108 valence electrons. The molecular weight excluding hydrogens is 252 g/mol. The topological polar surface area (TPSA) is 41.5 Å². The van der Waals surface area contributed by atoms with Gasteiger partial charge in [0.2, 0.25) is 0 Å². The summed E-state index contributed by atoms with van der Waals surface area (Å²) in [4.78, 5) is 0. The van der Waals surface area contributed by atoms with Crippen LogP contribution in [-0.4, -0.2) is 29.9 Å². The molecule has 0 fully saturated rings. The summed E-state index contributed by atoms with van der Waals surface area (Å²) in [7, 11) is 0. The monoisotopic (exact) mass is 273 g/mol. The van der Waals surface area contributed by atoms with Crippen LogP contribution in [0, 0.1) is 11.6 Å². The molecule has 0 saturated carbocycles. The van der Waals surface area contributed by atoms with Gasteiger partial charge >= 0.3 is 0 Å². The van der Waals surface area contributed by atoms with Crippen molar-refractivity contribution in [3.05, 3.63) is 29.8 Å². The maximum atomic E-state index is 13.3. The number of halogens is 2. The fourth-order valence-corrected chi connectivity index (χ4v) is 1.87. The van der Waals surface area contributed by atoms with E-state index in [9.17, 15) is 13.9 Å². The van der Waals surface area contributed by atoms with Crippen molar-refractivity contribution in [2.45, 2.75) is 38.8 Å². The largest absolute Gasteiger partial charge is 0.490 e. The number of aliphatic hydroxyl groups is 1. The van der Waals surface area contributed by atoms with Gasteiger partial charge in [-0.15, -0.1) is 0 Å². The van der Waals surface area contributed by atoms with E-state index in [0.29, 0.717) is 6.42 Å². The second kappa shape index (κ2) is 6.82. The van der Waals surface area contributed by atoms with Gasteiger partial charge in [0.05, 0.1) is 13.2 Å². The van der Waals surface area contributed by atoms with Gasteiger partial charge in [-0.3, -0.25) is 0 Å². The van der Waals surface area contributed by atoms with E-state index in [4.69, 9.17) is 4.74 Å². The van der Waals surface area contributed by atoms with E-state index in [-0.39, 0.29) is 25.0 Å². The Balaban J connectivity index is 2.52. The maximum absolute atomic E-state index is 13.3. The zero-order valence-electron chi connectivity index (χ0n) is 11.5. The standard InChI is InChI=1S/C14H21F2NO2/c1-10(2)17-14(3,9-18)6-7-19-13-5-4-11(15)8-12(13)16/h4-5,8,10,17-18H,6-7,9H2,1-3H3. The van der Waals surface area contributed by atoms with Crippen LogP contribution >= 0.6 is 0 Å². The van der Waals surface area contributed by atoms with E-state index in [1.807, 2.05) is 20.8 Å². The lowest BCUT2D eigenvalue weighted by molar-refractivity contribution is 0.135. The van der Waals surface area contributed by atoms with Crippen molar-refractivity contribution in [3.63, 3.8) is 0 Å². The average molecular weight is 273 g/mol. The van der Waals surface area contributed by atoms with Gasteiger partial charge in [0.25, 0.3) is 0 Å². The van der Waals surface area contributed by atoms with Crippen LogP contribution in [0.25, 0.3) is 0 Å². The van der Waals surface area contributed by atoms with Gasteiger partial charge in [0.1, 0.15) is 5.82 Å². The number of hydrogen-bond donors (Lipinski definition) is 2. The first-order valence-electron chi connectivity index (χ1n) is 6.33. The lowest BCUT2D eigenvalue weighted by Crippen LogP contribution is -2.50. The summed E-state index contributed by atoms with van der Waals surface area (Å²) in [6, 6.07) is 3.42. The molecule has 1 aromatic carbocycles. The van der Waals surface area contributed by atoms with Gasteiger partial charge < -0.3 is 15.2 Å². The molecule has 3 nitrogen and oxygen atoms in total. The number of aliphatic hydroxyl groups excluding tert-OH is 1. The van der Waals surface area contributed by atoms with Crippen LogP contribution in [0.15, 0.2) is 18.2 Å². The van der Waals surface area contributed by atoms with Crippen LogP contribution < -0.4 is 10.1 Å². The fourth-order valence-electron chi connectivity index (χ4n) is 1.87. The Morgan fingerprint density at radius 1 is 1.37 bits per heavy atom. The molecule has 1 aromatic rings. The normalized spacial score (nSPS) is 14.5. The summed E-state index contributed by atoms with van der Waals surface area (Å²) < 4.78 is 31.3. The van der Waals surface area contributed by atoms with Crippen molar-refractivity contribution in [3.8, 4) is 5.75 Å². The third-order valence-electron chi connectivity index (χ3n) is 2.79. The Bertz CT molecular complexity index is 412. The number of rotatable bonds is 7. The summed E-state index contributed by atoms with van der Waals surface area (Å²) in [5, 5.41) is 12.6. The van der Waals surface area contributed by atoms with Gasteiger partial charge in [-0.1, -0.05) is 13.8 Å². The van der Waals surface area contributed by atoms with Crippen LogP contribution in [-0.2, 0) is 0 Å². The molecule has 5 heteroatoms. The third-order valence-corrected chi connectivity index (χ3v) is 2.79. The predicted octanol–water partition coefficient (Wildman–Crippen LogP) is 2.48. The van der Waals surface area contributed by atoms with Crippen LogP contribution in [0.4, 0.5) is 8.78 Å². The minimum absolute atomic E-state index is 0.0197. The number of nitrogens with one attached hydrogen (secondary N) is 1. The molecule has 0 aliphatic rings. The van der Waals surface area contributed by atoms with Gasteiger partial charge in [-0.2, -0.15) is 0 Å². The van der Waals surface area contributed by atoms with Gasteiger partial charge in [0.15, 0.2) is 11.6 Å². The Morgan fingerprint density at radius 2 is 2.05 bits per heavy atom. The van der Waals surface area contributed by atoms with Gasteiger partial charge in [-0.05, 0) is 19.1 Å². The Morgan fingerprint density at radius 3 is 2.58 bits per heavy atom. The zero-order valence-corrected chi connectivity index (χ0v) is 11.5. The third kappa shape index (κ3) is 5.12. The summed E-state index contributed by atoms with van der Waals surface area (Å²) in [6.45, 7) is 6.03. The first-order valence-corrected chi connectivity index (χ1v) is 6.33. The molecule has 0 saturated heterocycles. The van der Waals surface area contributed by atoms with Crippen LogP contribution in [0.3, 0.4) is 0 Å². The van der Waals surface area contributed by atoms with Crippen molar-refractivity contribution in [1.82, 2.24) is 5.32 Å². The summed E-state index contributed by atoms with van der Waals surface area (Å²) in [5.41, 5.74) is -0.481. The van der Waals surface area contributed by atoms with E-state index < -0.39 is 17.2 Å². The minimum Gasteiger partial charge on any atom is -0.490 e. The highest BCUT2D eigenvalue weighted by Crippen LogP contribution is 2.19. The SMILES string of the molecule is CC(C)NC(C)(CO)CCOc1ccc(F)cc1F. The second-order valence-electron chi connectivity index (χ2n) is 5.19. The number of hydrogen-bond acceptors (Lipinski definition) is 3. The molecule has 1 unspecified atom stereocenters. The van der Waals surface area contributed by atoms with Crippen molar-refractivity contribution >= 4 is 0 Å². The number of benzene rings is 1. The highest BCUT2D eigenvalue weighted by atomic mass is 19.1. The molecule has 0 aromatic heterocycles. The number of ether oxygens (including phenoxy) is 1. The molecule has 0 radical (unpaired) electrons. The smallest absolute Gasteiger partial charge is 0.167 e. The van der Waals surface area contributed by atoms with Crippen molar-refractivity contribution in [2.75, 3.05) is 13.2 Å². The van der Waals surface area contributed by atoms with Crippen LogP contribution in [0.2, 0.25) is 0 Å². The molecule has 0 aliphatic carbocycles. The Kier molecular flexibility index (Phi) is 5.69. The first kappa shape index (κ1) is 15.9. The summed E-state index contributed by atoms with van der Waals surface area (Å²) >= 11 is 0. The molecule has 19 heavy (non-hydrogen) atoms. The van der Waals surface area contributed by atoms with E-state index in [1.54, 1.807) is 0 Å². The van der Waals surface area contributed by atoms with Gasteiger partial charge in [0, 0.05) is 24.1 Å². The van der Waals surface area contributed by atoms with Crippen molar-refractivity contribution in [2.24, 2.45) is 0 Å². The highest BCUT2D eigenvalue weighted by Gasteiger charge is 2.23. The fraction of sp³-hybridized carbons (Fsp3) is 0.571. The van der Waals surface area contributed by atoms with E-state index in [2.05, 4.69) is 5.32 Å². The predicted molar refractivity (Wildman–Crippen MR) is 70.2 cm³/mol. The molecule has 0 bridgehead atoms. The quantitative estimate of drug-likeness (QED) is 0.802. The zero-order chi connectivity index (χ0) is 14.5. The Hall–Kier alpha value is -1.20. The lowest BCUT2D eigenvalue weighted by Gasteiger charge is -2.31. The lowest BCUT2D eigenvalue weighted by atomic mass is 9.98. The Labute approximate surface area is 112 Å². The second-order valence-corrected chi connectivity index (χ2v) is 5.19. The van der Waals surface area contributed by atoms with Gasteiger partial charge in [-0.25, -0.2) is 8.78 Å². The summed E-state index contributed by atoms with van der Waals surface area (Å²) in [5.74, 6) is -1.33. The minimum atomic E-state index is -0.720. The first-order chi connectivity index (χ1) is 8.86. The average Bonchev–Trinajstić information content (AvgIpc) is 2.31. The summed E-state index contributed by atoms with van der Waals surface area (Å²) in [6.07, 6.45) is 0.512. The maximum Gasteiger partial charge on any atom is 0.167 e. The van der Waals surface area contributed by atoms with E-state index >= 15 is 0 Å². The molecular formula is C14H21F2NO2. The molecule has 0 amide bonds. The molecule has 0 heterocycles. The van der Waals surface area contributed by atoms with Crippen molar-refractivity contribution < 1.29 is 18.6 Å². The van der Waals surface area contributed by atoms with E-state index in [0.717, 1.165) is 12.1 Å². The molecule has 0 spiro atoms. The van der Waals surface area contributed by atoms with Crippen molar-refractivity contribution in [1.29, 1.82) is 0 Å². The highest BCUT2D eigenvalue weighted by molar-refractivity contribution is 5.24.